The van der Waals surface area contributed by atoms with E-state index >= 15 is 0 Å². The van der Waals surface area contributed by atoms with E-state index in [0.717, 1.165) is 47.1 Å². The molecule has 3 aromatic heterocycles. The summed E-state index contributed by atoms with van der Waals surface area (Å²) >= 11 is 14.3. The van der Waals surface area contributed by atoms with Gasteiger partial charge in [-0.15, -0.1) is 0 Å². The maximum absolute atomic E-state index is 13.3. The van der Waals surface area contributed by atoms with Crippen LogP contribution < -0.4 is 26.6 Å². The maximum atomic E-state index is 13.3. The Morgan fingerprint density at radius 1 is 1.00 bits per heavy atom. The van der Waals surface area contributed by atoms with Gasteiger partial charge in [0.15, 0.2) is 0 Å². The van der Waals surface area contributed by atoms with Gasteiger partial charge < -0.3 is 25.4 Å². The minimum absolute atomic E-state index is 0.0600. The zero-order valence-corrected chi connectivity index (χ0v) is 31.9. The van der Waals surface area contributed by atoms with Gasteiger partial charge >= 0.3 is 11.7 Å². The molecule has 15 heteroatoms. The monoisotopic (exact) mass is 770 g/mol. The van der Waals surface area contributed by atoms with Gasteiger partial charge in [0.05, 0.1) is 46.2 Å². The first-order valence-corrected chi connectivity index (χ1v) is 18.6. The number of hydrogen-bond acceptors (Lipinski definition) is 9. The van der Waals surface area contributed by atoms with Crippen molar-refractivity contribution in [1.29, 1.82) is 0 Å². The Morgan fingerprint density at radius 2 is 1.74 bits per heavy atom. The van der Waals surface area contributed by atoms with Gasteiger partial charge in [0.1, 0.15) is 11.2 Å². The number of aryl methyl sites for hydroxylation is 3. The van der Waals surface area contributed by atoms with Crippen molar-refractivity contribution >= 4 is 51.6 Å². The Labute approximate surface area is 321 Å². The Kier molecular flexibility index (Phi) is 9.16. The lowest BCUT2D eigenvalue weighted by atomic mass is 9.99. The first kappa shape index (κ1) is 36.0. The second-order valence-electron chi connectivity index (χ2n) is 14.4. The van der Waals surface area contributed by atoms with E-state index in [9.17, 15) is 19.5 Å². The number of fused-ring (bicyclic) bond motifs is 2. The summed E-state index contributed by atoms with van der Waals surface area (Å²) in [6.45, 7) is 4.19. The largest absolute Gasteiger partial charge is 0.481 e. The number of aliphatic hydroxyl groups is 1. The highest BCUT2D eigenvalue weighted by atomic mass is 35.5. The number of likely N-dealkylation sites (tertiary alicyclic amines) is 1. The van der Waals surface area contributed by atoms with Crippen molar-refractivity contribution in [2.45, 2.75) is 37.8 Å². The molecule has 13 nitrogen and oxygen atoms in total. The lowest BCUT2D eigenvalue weighted by Crippen LogP contribution is -2.46. The summed E-state index contributed by atoms with van der Waals surface area (Å²) in [6, 6.07) is 15.0. The Balaban J connectivity index is 1.11. The number of nitrogens with one attached hydrogen (secondary N) is 2. The lowest BCUT2D eigenvalue weighted by Gasteiger charge is -2.28. The number of amides is 2. The molecule has 3 N–H and O–H groups in total. The van der Waals surface area contributed by atoms with Crippen molar-refractivity contribution < 1.29 is 14.6 Å². The molecule has 2 aromatic carbocycles. The molecule has 8 rings (SSSR count). The molecular weight excluding hydrogens is 731 g/mol. The number of hydrogen-bond donors (Lipinski definition) is 3. The Bertz CT molecular complexity index is 2490. The predicted molar refractivity (Wildman–Crippen MR) is 209 cm³/mol. The Hall–Kier alpha value is -4.95. The summed E-state index contributed by atoms with van der Waals surface area (Å²) < 4.78 is 8.43. The average Bonchev–Trinajstić information content (AvgIpc) is 3.86. The smallest absolute Gasteiger partial charge is 0.330 e. The fourth-order valence-corrected chi connectivity index (χ4v) is 9.03. The number of urea groups is 1. The summed E-state index contributed by atoms with van der Waals surface area (Å²) in [4.78, 5) is 52.3. The summed E-state index contributed by atoms with van der Waals surface area (Å²) in [5, 5.41) is 17.0. The van der Waals surface area contributed by atoms with Crippen LogP contribution in [0, 0.1) is 6.92 Å². The normalized spacial score (nSPS) is 19.6. The molecule has 2 amide bonds. The van der Waals surface area contributed by atoms with Crippen molar-refractivity contribution in [2.24, 2.45) is 14.1 Å². The third-order valence-corrected chi connectivity index (χ3v) is 11.9. The predicted octanol–water partition coefficient (Wildman–Crippen LogP) is 5.18. The highest BCUT2D eigenvalue weighted by Gasteiger charge is 2.49. The highest BCUT2D eigenvalue weighted by Crippen LogP contribution is 2.47. The molecule has 280 valence electrons. The molecule has 2 fully saturated rings. The minimum Gasteiger partial charge on any atom is -0.481 e. The molecule has 0 radical (unpaired) electrons. The van der Waals surface area contributed by atoms with E-state index in [1.54, 1.807) is 38.1 Å². The van der Waals surface area contributed by atoms with Crippen LogP contribution >= 0.6 is 23.2 Å². The van der Waals surface area contributed by atoms with E-state index in [1.165, 1.54) is 11.6 Å². The van der Waals surface area contributed by atoms with Crippen LogP contribution in [0.15, 0.2) is 58.1 Å². The van der Waals surface area contributed by atoms with E-state index in [2.05, 4.69) is 26.6 Å². The fourth-order valence-electron chi connectivity index (χ4n) is 8.43. The van der Waals surface area contributed by atoms with Crippen LogP contribution in [0.3, 0.4) is 0 Å². The summed E-state index contributed by atoms with van der Waals surface area (Å²) in [5.74, 6) is 0.837. The quantitative estimate of drug-likeness (QED) is 0.194. The molecule has 5 heterocycles. The van der Waals surface area contributed by atoms with Crippen LogP contribution in [0.5, 0.6) is 5.88 Å². The number of β-amino-alcohol motifs (C(OH)–C–C–N with tert-alkyl or cyclic N) is 1. The molecular formula is C39H40Cl2N8O5. The fraction of sp³-hybridized carbons (Fsp3) is 0.359. The van der Waals surface area contributed by atoms with Crippen molar-refractivity contribution in [2.75, 3.05) is 45.2 Å². The molecule has 3 aliphatic rings. The first-order valence-electron chi connectivity index (χ1n) is 17.9. The number of pyridine rings is 2. The number of rotatable bonds is 8. The van der Waals surface area contributed by atoms with Crippen LogP contribution in [0.25, 0.3) is 33.3 Å². The number of ether oxygens (including phenoxy) is 1. The van der Waals surface area contributed by atoms with E-state index in [1.807, 2.05) is 30.3 Å². The molecule has 2 saturated heterocycles. The van der Waals surface area contributed by atoms with Crippen LogP contribution in [-0.2, 0) is 20.5 Å². The summed E-state index contributed by atoms with van der Waals surface area (Å²) in [7, 11) is 4.69. The third-order valence-electron chi connectivity index (χ3n) is 11.1. The second kappa shape index (κ2) is 13.7. The maximum Gasteiger partial charge on any atom is 0.330 e. The third kappa shape index (κ3) is 5.90. The van der Waals surface area contributed by atoms with Gasteiger partial charge in [0.25, 0.3) is 5.56 Å². The van der Waals surface area contributed by atoms with Gasteiger partial charge in [-0.05, 0) is 49.9 Å². The van der Waals surface area contributed by atoms with Gasteiger partial charge in [0, 0.05) is 74.3 Å². The molecule has 5 aromatic rings. The van der Waals surface area contributed by atoms with Crippen molar-refractivity contribution in [3.8, 4) is 28.3 Å². The highest BCUT2D eigenvalue weighted by molar-refractivity contribution is 6.39. The van der Waals surface area contributed by atoms with Crippen LogP contribution in [0.1, 0.15) is 35.7 Å². The van der Waals surface area contributed by atoms with Gasteiger partial charge in [-0.1, -0.05) is 53.5 Å². The number of nitrogens with zero attached hydrogens (tertiary/aromatic N) is 6. The minimum atomic E-state index is -0.466. The number of carbonyl (C=O) groups excluding carboxylic acids is 1. The number of anilines is 2. The van der Waals surface area contributed by atoms with Crippen LogP contribution in [0.2, 0.25) is 10.0 Å². The average molecular weight is 772 g/mol. The molecule has 0 bridgehead atoms. The van der Waals surface area contributed by atoms with E-state index in [-0.39, 0.29) is 35.4 Å². The standard InChI is InChI=1S/C39H40Cl2N8O5/c1-21-17-29-31(36(51)47(3)38(53)46(29)2)34(42-21)43-26-10-6-8-24(33(26)41)23-7-5-9-25(32(23)40)27-18-22-11-12-28(30(22)35(44-27)54-4)48-14-13-39(19-48)20-49(15-16-50)37(52)45-39/h5-10,17-18,28,50H,11-16,19-20H2,1-4H3,(H,42,43)(H,45,52)/t28-,39+/m1/s1. The zero-order chi connectivity index (χ0) is 38.1. The molecule has 0 saturated carbocycles. The number of aliphatic hydroxyl groups excluding tert-OH is 1. The number of benzene rings is 2. The first-order chi connectivity index (χ1) is 25.9. The van der Waals surface area contributed by atoms with Gasteiger partial charge in [0.2, 0.25) is 5.88 Å². The van der Waals surface area contributed by atoms with Crippen molar-refractivity contribution in [3.05, 3.63) is 96.2 Å². The SMILES string of the molecule is COc1nc(-c2cccc(-c3cccc(Nc4nc(C)cc5c4c(=O)n(C)c(=O)n5C)c3Cl)c2Cl)cc2c1[C@H](N1CC[C@@]3(CN(CCO)C(=O)N3)C1)CC2. The molecule has 2 atom stereocenters. The summed E-state index contributed by atoms with van der Waals surface area (Å²) in [5.41, 5.74) is 5.34. The number of aromatic nitrogens is 4. The molecule has 2 aliphatic heterocycles. The molecule has 1 aliphatic carbocycles. The van der Waals surface area contributed by atoms with Gasteiger partial charge in [-0.25, -0.2) is 19.6 Å². The van der Waals surface area contributed by atoms with Crippen LogP contribution in [0.4, 0.5) is 16.3 Å². The van der Waals surface area contributed by atoms with Crippen LogP contribution in [-0.4, -0.2) is 85.5 Å². The molecule has 0 unspecified atom stereocenters. The van der Waals surface area contributed by atoms with E-state index < -0.39 is 11.2 Å². The number of methoxy groups -OCH3 is 1. The second-order valence-corrected chi connectivity index (χ2v) is 15.1. The molecule has 54 heavy (non-hydrogen) atoms. The van der Waals surface area contributed by atoms with E-state index in [4.69, 9.17) is 32.9 Å². The van der Waals surface area contributed by atoms with E-state index in [0.29, 0.717) is 69.3 Å². The topological polar surface area (TPSA) is 147 Å². The van der Waals surface area contributed by atoms with Crippen molar-refractivity contribution in [3.63, 3.8) is 0 Å². The van der Waals surface area contributed by atoms with Gasteiger partial charge in [-0.2, -0.15) is 0 Å². The summed E-state index contributed by atoms with van der Waals surface area (Å²) in [6.07, 6.45) is 2.57. The van der Waals surface area contributed by atoms with Gasteiger partial charge in [-0.3, -0.25) is 18.8 Å². The van der Waals surface area contributed by atoms with Crippen molar-refractivity contribution in [1.82, 2.24) is 34.2 Å². The number of carbonyl (C=O) groups is 1. The zero-order valence-electron chi connectivity index (χ0n) is 30.4. The number of halogens is 2. The molecule has 1 spiro atoms. The Morgan fingerprint density at radius 3 is 2.50 bits per heavy atom. The lowest BCUT2D eigenvalue weighted by molar-refractivity contribution is 0.193.